The summed E-state index contributed by atoms with van der Waals surface area (Å²) in [6.45, 7) is -0.298. The third-order valence-corrected chi connectivity index (χ3v) is 0.843. The Labute approximate surface area is 64.2 Å². The van der Waals surface area contributed by atoms with Crippen LogP contribution < -0.4 is 11.5 Å². The van der Waals surface area contributed by atoms with E-state index in [0.717, 1.165) is 0 Å². The lowest BCUT2D eigenvalue weighted by atomic mass is 10.3. The Morgan fingerprint density at radius 3 is 2.64 bits per heavy atom. The Morgan fingerprint density at radius 2 is 2.18 bits per heavy atom. The van der Waals surface area contributed by atoms with Crippen LogP contribution in [0.5, 0.6) is 0 Å². The summed E-state index contributed by atoms with van der Waals surface area (Å²) in [6, 6.07) is 0. The van der Waals surface area contributed by atoms with Gasteiger partial charge in [0.25, 0.3) is 0 Å². The molecular weight excluding hydrogens is 148 g/mol. The molecule has 0 amide bonds. The highest BCUT2D eigenvalue weighted by Crippen LogP contribution is 1.85. The number of guanidine groups is 1. The van der Waals surface area contributed by atoms with Gasteiger partial charge in [-0.2, -0.15) is 5.10 Å². The fraction of sp³-hybridized carbons (Fsp3) is 0.600. The van der Waals surface area contributed by atoms with Gasteiger partial charge < -0.3 is 21.7 Å². The Hall–Kier alpha value is -1.14. The van der Waals surface area contributed by atoms with E-state index in [0.29, 0.717) is 0 Å². The molecule has 6 nitrogen and oxygen atoms in total. The van der Waals surface area contributed by atoms with Crippen molar-refractivity contribution in [2.75, 3.05) is 6.61 Å². The van der Waals surface area contributed by atoms with Crippen LogP contribution in [0.25, 0.3) is 0 Å². The normalized spacial score (nSPS) is 13.3. The molecule has 0 saturated heterocycles. The standard InChI is InChI=1S/C5H12N4O2/c6-5(7)9-8-2-1-4(11)3-10/h2,4,10-11H,1,3H2,(H4,6,7,9)/b8-2+/t4-/m0/s1. The predicted molar refractivity (Wildman–Crippen MR) is 42.0 cm³/mol. The molecule has 0 aromatic carbocycles. The summed E-state index contributed by atoms with van der Waals surface area (Å²) < 4.78 is 0. The second kappa shape index (κ2) is 5.63. The summed E-state index contributed by atoms with van der Waals surface area (Å²) in [5.41, 5.74) is 9.89. The van der Waals surface area contributed by atoms with Gasteiger partial charge in [-0.25, -0.2) is 0 Å². The highest BCUT2D eigenvalue weighted by atomic mass is 16.3. The van der Waals surface area contributed by atoms with E-state index in [-0.39, 0.29) is 19.0 Å². The molecule has 0 bridgehead atoms. The van der Waals surface area contributed by atoms with Gasteiger partial charge >= 0.3 is 0 Å². The molecule has 0 spiro atoms. The zero-order valence-electron chi connectivity index (χ0n) is 6.01. The average Bonchev–Trinajstić information content (AvgIpc) is 1.97. The number of nitrogens with zero attached hydrogens (tertiary/aromatic N) is 2. The van der Waals surface area contributed by atoms with Crippen molar-refractivity contribution < 1.29 is 10.2 Å². The molecule has 1 atom stereocenters. The number of hydrogen-bond acceptors (Lipinski definition) is 4. The highest BCUT2D eigenvalue weighted by Gasteiger charge is 1.96. The van der Waals surface area contributed by atoms with Crippen LogP contribution in [0.4, 0.5) is 0 Å². The minimum atomic E-state index is -0.798. The third-order valence-electron chi connectivity index (χ3n) is 0.843. The van der Waals surface area contributed by atoms with Crippen LogP contribution in [0, 0.1) is 0 Å². The molecule has 0 aliphatic rings. The van der Waals surface area contributed by atoms with E-state index in [1.165, 1.54) is 6.21 Å². The SMILES string of the molecule is NC(N)=N/N=C/C[C@H](O)CO. The Bertz CT molecular complexity index is 153. The largest absolute Gasteiger partial charge is 0.394 e. The Balaban J connectivity index is 3.52. The van der Waals surface area contributed by atoms with Gasteiger partial charge in [0, 0.05) is 12.6 Å². The van der Waals surface area contributed by atoms with Crippen LogP contribution >= 0.6 is 0 Å². The van der Waals surface area contributed by atoms with E-state index >= 15 is 0 Å². The monoisotopic (exact) mass is 160 g/mol. The number of aliphatic hydroxyl groups is 2. The molecule has 0 aromatic heterocycles. The van der Waals surface area contributed by atoms with Crippen molar-refractivity contribution >= 4 is 12.2 Å². The number of nitrogens with two attached hydrogens (primary N) is 2. The van der Waals surface area contributed by atoms with Gasteiger partial charge in [0.1, 0.15) is 0 Å². The second-order valence-electron chi connectivity index (χ2n) is 1.90. The maximum atomic E-state index is 8.77. The maximum Gasteiger partial charge on any atom is 0.211 e. The topological polar surface area (TPSA) is 117 Å². The van der Waals surface area contributed by atoms with Crippen molar-refractivity contribution in [2.45, 2.75) is 12.5 Å². The molecule has 0 radical (unpaired) electrons. The molecule has 0 rings (SSSR count). The molecule has 0 aliphatic carbocycles. The second-order valence-corrected chi connectivity index (χ2v) is 1.90. The molecule has 6 N–H and O–H groups in total. The molecule has 0 aliphatic heterocycles. The predicted octanol–water partition coefficient (Wildman–Crippen LogP) is -2.01. The highest BCUT2D eigenvalue weighted by molar-refractivity contribution is 5.76. The van der Waals surface area contributed by atoms with E-state index in [4.69, 9.17) is 21.7 Å². The summed E-state index contributed by atoms with van der Waals surface area (Å²) in [4.78, 5) is 0. The van der Waals surface area contributed by atoms with Crippen molar-refractivity contribution in [1.29, 1.82) is 0 Å². The van der Waals surface area contributed by atoms with Crippen molar-refractivity contribution in [1.82, 2.24) is 0 Å². The molecule has 11 heavy (non-hydrogen) atoms. The Kier molecular flexibility index (Phi) is 5.05. The smallest absolute Gasteiger partial charge is 0.211 e. The molecule has 6 heteroatoms. The third kappa shape index (κ3) is 6.75. The van der Waals surface area contributed by atoms with E-state index in [1.54, 1.807) is 0 Å². The lowest BCUT2D eigenvalue weighted by molar-refractivity contribution is 0.102. The fourth-order valence-corrected chi connectivity index (χ4v) is 0.351. The first-order valence-electron chi connectivity index (χ1n) is 3.06. The van der Waals surface area contributed by atoms with E-state index in [2.05, 4.69) is 10.2 Å². The van der Waals surface area contributed by atoms with Gasteiger partial charge in [-0.3, -0.25) is 0 Å². The fourth-order valence-electron chi connectivity index (χ4n) is 0.351. The maximum absolute atomic E-state index is 8.77. The van der Waals surface area contributed by atoms with Crippen molar-refractivity contribution in [3.63, 3.8) is 0 Å². The molecule has 0 heterocycles. The molecule has 0 aromatic rings. The zero-order valence-corrected chi connectivity index (χ0v) is 6.01. The van der Waals surface area contributed by atoms with E-state index < -0.39 is 6.10 Å². The van der Waals surface area contributed by atoms with Crippen LogP contribution in [0.3, 0.4) is 0 Å². The minimum absolute atomic E-state index is 0.139. The van der Waals surface area contributed by atoms with Crippen LogP contribution in [0.1, 0.15) is 6.42 Å². The average molecular weight is 160 g/mol. The summed E-state index contributed by atoms with van der Waals surface area (Å²) in [5, 5.41) is 23.8. The first-order chi connectivity index (χ1) is 5.16. The van der Waals surface area contributed by atoms with Crippen LogP contribution in [0.2, 0.25) is 0 Å². The van der Waals surface area contributed by atoms with Gasteiger partial charge in [-0.15, -0.1) is 5.10 Å². The van der Waals surface area contributed by atoms with Crippen LogP contribution in [-0.4, -0.2) is 35.1 Å². The van der Waals surface area contributed by atoms with Gasteiger partial charge in [0.2, 0.25) is 5.96 Å². The summed E-state index contributed by atoms with van der Waals surface area (Å²) in [6.07, 6.45) is 0.751. The van der Waals surface area contributed by atoms with Crippen LogP contribution in [0.15, 0.2) is 10.2 Å². The first kappa shape index (κ1) is 9.86. The number of aliphatic hydroxyl groups excluding tert-OH is 2. The molecule has 0 unspecified atom stereocenters. The zero-order chi connectivity index (χ0) is 8.69. The lowest BCUT2D eigenvalue weighted by Crippen LogP contribution is -2.21. The number of hydrogen-bond donors (Lipinski definition) is 4. The summed E-state index contributed by atoms with van der Waals surface area (Å²) >= 11 is 0. The Morgan fingerprint density at radius 1 is 1.55 bits per heavy atom. The first-order valence-corrected chi connectivity index (χ1v) is 3.06. The molecular formula is C5H12N4O2. The van der Waals surface area contributed by atoms with Crippen molar-refractivity contribution in [3.05, 3.63) is 0 Å². The van der Waals surface area contributed by atoms with Gasteiger partial charge in [0.05, 0.1) is 12.7 Å². The molecule has 0 saturated carbocycles. The molecule has 64 valence electrons. The van der Waals surface area contributed by atoms with E-state index in [1.807, 2.05) is 0 Å². The van der Waals surface area contributed by atoms with Gasteiger partial charge in [-0.05, 0) is 0 Å². The van der Waals surface area contributed by atoms with Gasteiger partial charge in [-0.1, -0.05) is 0 Å². The van der Waals surface area contributed by atoms with Crippen molar-refractivity contribution in [2.24, 2.45) is 21.7 Å². The quantitative estimate of drug-likeness (QED) is 0.216. The van der Waals surface area contributed by atoms with E-state index in [9.17, 15) is 0 Å². The molecule has 0 fully saturated rings. The lowest BCUT2D eigenvalue weighted by Gasteiger charge is -1.98. The summed E-state index contributed by atoms with van der Waals surface area (Å²) in [5.74, 6) is -0.139. The van der Waals surface area contributed by atoms with Gasteiger partial charge in [0.15, 0.2) is 0 Å². The number of rotatable bonds is 4. The van der Waals surface area contributed by atoms with Crippen molar-refractivity contribution in [3.8, 4) is 0 Å². The van der Waals surface area contributed by atoms with Crippen LogP contribution in [-0.2, 0) is 0 Å². The minimum Gasteiger partial charge on any atom is -0.394 e. The summed E-state index contributed by atoms with van der Waals surface area (Å²) in [7, 11) is 0.